The van der Waals surface area contributed by atoms with Gasteiger partial charge in [-0.05, 0) is 54.0 Å². The van der Waals surface area contributed by atoms with Crippen LogP contribution < -0.4 is 29.6 Å². The molecule has 10 nitrogen and oxygen atoms in total. The number of rotatable bonds is 12. The first-order chi connectivity index (χ1) is 17.9. The first-order valence-electron chi connectivity index (χ1n) is 11.1. The number of ether oxygens (including phenoxy) is 4. The van der Waals surface area contributed by atoms with E-state index in [4.69, 9.17) is 18.9 Å². The number of nitrogens with one attached hydrogen (secondary N) is 2. The average molecular weight is 505 g/mol. The molecule has 0 aliphatic rings. The van der Waals surface area contributed by atoms with Crippen LogP contribution >= 0.6 is 0 Å². The molecule has 0 saturated heterocycles. The highest BCUT2D eigenvalue weighted by Gasteiger charge is 2.12. The summed E-state index contributed by atoms with van der Waals surface area (Å²) < 4.78 is 20.8. The lowest BCUT2D eigenvalue weighted by molar-refractivity contribution is -0.117. The standard InChI is InChI=1S/C27H28N4O6/c1-34-22-8-6-18(14-24(22)36-3)12-20(16-28)26(32)30-10-5-11-31-27(33)21(17-29)13-19-7-9-23(35-2)25(15-19)37-4/h6-9,12-15H,5,10-11H2,1-4H3,(H,30,32)(H,31,33)/b20-12+,21-13+. The number of benzene rings is 2. The molecule has 2 aromatic carbocycles. The van der Waals surface area contributed by atoms with Gasteiger partial charge in [0.25, 0.3) is 11.8 Å². The third-order valence-corrected chi connectivity index (χ3v) is 5.09. The highest BCUT2D eigenvalue weighted by Crippen LogP contribution is 2.29. The molecule has 0 radical (unpaired) electrons. The number of hydrogen-bond acceptors (Lipinski definition) is 8. The van der Waals surface area contributed by atoms with Crippen molar-refractivity contribution in [3.8, 4) is 35.1 Å². The monoisotopic (exact) mass is 504 g/mol. The maximum absolute atomic E-state index is 12.4. The summed E-state index contributed by atoms with van der Waals surface area (Å²) >= 11 is 0. The van der Waals surface area contributed by atoms with Gasteiger partial charge in [-0.3, -0.25) is 9.59 Å². The minimum Gasteiger partial charge on any atom is -0.493 e. The van der Waals surface area contributed by atoms with Gasteiger partial charge in [0.15, 0.2) is 23.0 Å². The lowest BCUT2D eigenvalue weighted by Crippen LogP contribution is -2.30. The highest BCUT2D eigenvalue weighted by molar-refractivity contribution is 6.02. The summed E-state index contributed by atoms with van der Waals surface area (Å²) in [7, 11) is 6.01. The molecule has 0 aromatic heterocycles. The van der Waals surface area contributed by atoms with Crippen molar-refractivity contribution in [3.05, 3.63) is 58.7 Å². The normalized spacial score (nSPS) is 11.0. The van der Waals surface area contributed by atoms with Crippen molar-refractivity contribution >= 4 is 24.0 Å². The van der Waals surface area contributed by atoms with E-state index in [1.54, 1.807) is 36.4 Å². The van der Waals surface area contributed by atoms with Crippen LogP contribution in [-0.4, -0.2) is 53.3 Å². The van der Waals surface area contributed by atoms with Crippen molar-refractivity contribution in [3.63, 3.8) is 0 Å². The van der Waals surface area contributed by atoms with Crippen LogP contribution in [0.15, 0.2) is 47.5 Å². The van der Waals surface area contributed by atoms with Gasteiger partial charge in [0, 0.05) is 13.1 Å². The van der Waals surface area contributed by atoms with E-state index >= 15 is 0 Å². The lowest BCUT2D eigenvalue weighted by Gasteiger charge is -2.09. The molecule has 2 amide bonds. The Morgan fingerprint density at radius 1 is 0.703 bits per heavy atom. The Balaban J connectivity index is 1.90. The van der Waals surface area contributed by atoms with Crippen LogP contribution in [0.3, 0.4) is 0 Å². The quantitative estimate of drug-likeness (QED) is 0.255. The fraction of sp³-hybridized carbons (Fsp3) is 0.259. The van der Waals surface area contributed by atoms with E-state index in [1.165, 1.54) is 40.6 Å². The molecule has 0 aliphatic carbocycles. The fourth-order valence-electron chi connectivity index (χ4n) is 3.20. The minimum atomic E-state index is -0.547. The molecule has 2 N–H and O–H groups in total. The van der Waals surface area contributed by atoms with Gasteiger partial charge in [0.05, 0.1) is 28.4 Å². The van der Waals surface area contributed by atoms with Crippen LogP contribution in [0.4, 0.5) is 0 Å². The smallest absolute Gasteiger partial charge is 0.261 e. The third-order valence-electron chi connectivity index (χ3n) is 5.09. The van der Waals surface area contributed by atoms with Gasteiger partial charge >= 0.3 is 0 Å². The van der Waals surface area contributed by atoms with Crippen molar-refractivity contribution in [2.24, 2.45) is 0 Å². The molecule has 37 heavy (non-hydrogen) atoms. The van der Waals surface area contributed by atoms with E-state index in [-0.39, 0.29) is 24.2 Å². The molecule has 0 saturated carbocycles. The Labute approximate surface area is 215 Å². The van der Waals surface area contributed by atoms with E-state index in [0.717, 1.165) is 0 Å². The Morgan fingerprint density at radius 2 is 1.08 bits per heavy atom. The molecule has 0 fully saturated rings. The highest BCUT2D eigenvalue weighted by atomic mass is 16.5. The molecule has 0 unspecified atom stereocenters. The van der Waals surface area contributed by atoms with Crippen molar-refractivity contribution in [2.45, 2.75) is 6.42 Å². The third kappa shape index (κ3) is 8.05. The van der Waals surface area contributed by atoms with E-state index in [2.05, 4.69) is 10.6 Å². The van der Waals surface area contributed by atoms with Crippen molar-refractivity contribution in [1.82, 2.24) is 10.6 Å². The van der Waals surface area contributed by atoms with Crippen molar-refractivity contribution < 1.29 is 28.5 Å². The van der Waals surface area contributed by atoms with Crippen LogP contribution in [-0.2, 0) is 9.59 Å². The average Bonchev–Trinajstić information content (AvgIpc) is 2.93. The lowest BCUT2D eigenvalue weighted by atomic mass is 10.1. The Kier molecular flexibility index (Phi) is 11.0. The molecular formula is C27H28N4O6. The van der Waals surface area contributed by atoms with Gasteiger partial charge in [-0.1, -0.05) is 12.1 Å². The zero-order valence-corrected chi connectivity index (χ0v) is 21.1. The summed E-state index contributed by atoms with van der Waals surface area (Å²) in [6, 6.07) is 13.8. The Bertz CT molecular complexity index is 1170. The first kappa shape index (κ1) is 28.3. The number of amides is 2. The summed E-state index contributed by atoms with van der Waals surface area (Å²) in [4.78, 5) is 24.8. The van der Waals surface area contributed by atoms with Crippen LogP contribution in [0.5, 0.6) is 23.0 Å². The van der Waals surface area contributed by atoms with Crippen molar-refractivity contribution in [2.75, 3.05) is 41.5 Å². The molecule has 2 aromatic rings. The SMILES string of the molecule is COc1ccc(/C=C(\C#N)C(=O)NCCCNC(=O)/C(C#N)=C/c2ccc(OC)c(OC)c2)cc1OC. The zero-order chi connectivity index (χ0) is 27.2. The van der Waals surface area contributed by atoms with Gasteiger partial charge in [0.2, 0.25) is 0 Å². The summed E-state index contributed by atoms with van der Waals surface area (Å²) in [6.07, 6.45) is 3.27. The molecular weight excluding hydrogens is 476 g/mol. The summed E-state index contributed by atoms with van der Waals surface area (Å²) in [5.41, 5.74) is 1.03. The van der Waals surface area contributed by atoms with Crippen LogP contribution in [0, 0.1) is 22.7 Å². The van der Waals surface area contributed by atoms with E-state index < -0.39 is 11.8 Å². The van der Waals surface area contributed by atoms with Crippen molar-refractivity contribution in [1.29, 1.82) is 10.5 Å². The maximum atomic E-state index is 12.4. The van der Waals surface area contributed by atoms with Gasteiger partial charge in [-0.25, -0.2) is 0 Å². The summed E-state index contributed by atoms with van der Waals surface area (Å²) in [5.74, 6) is 0.915. The van der Waals surface area contributed by atoms with Gasteiger partial charge in [-0.2, -0.15) is 10.5 Å². The first-order valence-corrected chi connectivity index (χ1v) is 11.1. The van der Waals surface area contributed by atoms with E-state index in [0.29, 0.717) is 40.5 Å². The second-order valence-electron chi connectivity index (χ2n) is 7.43. The molecule has 0 spiro atoms. The fourth-order valence-corrected chi connectivity index (χ4v) is 3.20. The summed E-state index contributed by atoms with van der Waals surface area (Å²) in [6.45, 7) is 0.427. The van der Waals surface area contributed by atoms with Gasteiger partial charge in [-0.15, -0.1) is 0 Å². The molecule has 2 rings (SSSR count). The number of methoxy groups -OCH3 is 4. The molecule has 0 aliphatic heterocycles. The number of hydrogen-bond donors (Lipinski definition) is 2. The van der Waals surface area contributed by atoms with Gasteiger partial charge < -0.3 is 29.6 Å². The van der Waals surface area contributed by atoms with E-state index in [1.807, 2.05) is 12.1 Å². The number of carbonyl (C=O) groups excluding carboxylic acids is 2. The number of carbonyl (C=O) groups is 2. The predicted octanol–water partition coefficient (Wildman–Crippen LogP) is 2.86. The number of nitrogens with zero attached hydrogens (tertiary/aromatic N) is 2. The van der Waals surface area contributed by atoms with E-state index in [9.17, 15) is 20.1 Å². The minimum absolute atomic E-state index is 0.0825. The Hall–Kier alpha value is -4.96. The topological polar surface area (TPSA) is 143 Å². The second kappa shape index (κ2) is 14.4. The van der Waals surface area contributed by atoms with Crippen LogP contribution in [0.25, 0.3) is 12.2 Å². The maximum Gasteiger partial charge on any atom is 0.261 e. The van der Waals surface area contributed by atoms with Crippen LogP contribution in [0.1, 0.15) is 17.5 Å². The molecule has 10 heteroatoms. The Morgan fingerprint density at radius 3 is 1.41 bits per heavy atom. The summed E-state index contributed by atoms with van der Waals surface area (Å²) in [5, 5.41) is 24.1. The predicted molar refractivity (Wildman–Crippen MR) is 137 cm³/mol. The molecule has 0 heterocycles. The van der Waals surface area contributed by atoms with Crippen LogP contribution in [0.2, 0.25) is 0 Å². The second-order valence-corrected chi connectivity index (χ2v) is 7.43. The molecule has 192 valence electrons. The molecule has 0 atom stereocenters. The number of nitriles is 2. The largest absolute Gasteiger partial charge is 0.493 e. The van der Waals surface area contributed by atoms with Gasteiger partial charge in [0.1, 0.15) is 23.3 Å². The molecule has 0 bridgehead atoms. The zero-order valence-electron chi connectivity index (χ0n) is 21.1.